The van der Waals surface area contributed by atoms with E-state index in [1.54, 1.807) is 17.6 Å². The highest BCUT2D eigenvalue weighted by molar-refractivity contribution is 7.09. The van der Waals surface area contributed by atoms with Crippen molar-refractivity contribution in [2.24, 2.45) is 4.99 Å². The third-order valence-corrected chi connectivity index (χ3v) is 4.44. The fraction of sp³-hybridized carbons (Fsp3) is 0.556. The molecule has 0 aromatic carbocycles. The summed E-state index contributed by atoms with van der Waals surface area (Å²) in [5.74, 6) is 1.72. The number of hydrogen-bond donors (Lipinski definition) is 2. The molecule has 25 heavy (non-hydrogen) atoms. The first kappa shape index (κ1) is 19.5. The quantitative estimate of drug-likeness (QED) is 0.364. The Morgan fingerprint density at radius 3 is 3.00 bits per heavy atom. The summed E-state index contributed by atoms with van der Waals surface area (Å²) < 4.78 is 10.8. The van der Waals surface area contributed by atoms with Crippen molar-refractivity contribution in [3.05, 3.63) is 40.2 Å². The maximum absolute atomic E-state index is 5.57. The summed E-state index contributed by atoms with van der Waals surface area (Å²) in [6.45, 7) is 7.80. The van der Waals surface area contributed by atoms with Gasteiger partial charge in [0, 0.05) is 43.7 Å². The molecule has 0 saturated heterocycles. The Labute approximate surface area is 153 Å². The van der Waals surface area contributed by atoms with Crippen LogP contribution in [0.1, 0.15) is 36.2 Å². The van der Waals surface area contributed by atoms with Gasteiger partial charge in [0.25, 0.3) is 0 Å². The van der Waals surface area contributed by atoms with Gasteiger partial charge in [0.05, 0.1) is 11.3 Å². The number of hydrogen-bond acceptors (Lipinski definition) is 5. The summed E-state index contributed by atoms with van der Waals surface area (Å²) in [7, 11) is 0. The van der Waals surface area contributed by atoms with E-state index in [2.05, 4.69) is 32.9 Å². The Kier molecular flexibility index (Phi) is 9.07. The van der Waals surface area contributed by atoms with E-state index in [0.717, 1.165) is 56.3 Å². The van der Waals surface area contributed by atoms with Crippen molar-refractivity contribution in [3.8, 4) is 0 Å². The first-order chi connectivity index (χ1) is 12.3. The molecule has 2 N–H and O–H groups in total. The lowest BCUT2D eigenvalue weighted by atomic mass is 10.3. The number of guanidine groups is 1. The number of aryl methyl sites for hydroxylation is 2. The van der Waals surface area contributed by atoms with E-state index in [9.17, 15) is 0 Å². The molecule has 0 amide bonds. The molecule has 0 bridgehead atoms. The second kappa shape index (κ2) is 11.7. The fourth-order valence-electron chi connectivity index (χ4n) is 2.23. The standard InChI is InChI=1S/C18H28N4O2S/c1-3-19-18(20-9-4-8-17-22-15(2)14-25-17)21-10-6-11-23-13-16-7-5-12-24-16/h5,7,12,14H,3-4,6,8-11,13H2,1-2H3,(H2,19,20,21). The van der Waals surface area contributed by atoms with Crippen LogP contribution in [0.25, 0.3) is 0 Å². The number of ether oxygens (including phenoxy) is 1. The van der Waals surface area contributed by atoms with Gasteiger partial charge in [-0.05, 0) is 38.8 Å². The molecule has 0 atom stereocenters. The van der Waals surface area contributed by atoms with Crippen LogP contribution in [0.15, 0.2) is 33.2 Å². The molecule has 0 spiro atoms. The summed E-state index contributed by atoms with van der Waals surface area (Å²) in [5.41, 5.74) is 1.10. The van der Waals surface area contributed by atoms with Gasteiger partial charge >= 0.3 is 0 Å². The molecule has 0 saturated carbocycles. The molecule has 6 nitrogen and oxygen atoms in total. The van der Waals surface area contributed by atoms with Crippen molar-refractivity contribution >= 4 is 17.3 Å². The zero-order valence-corrected chi connectivity index (χ0v) is 15.9. The smallest absolute Gasteiger partial charge is 0.191 e. The summed E-state index contributed by atoms with van der Waals surface area (Å²) >= 11 is 1.73. The molecule has 2 heterocycles. The monoisotopic (exact) mass is 364 g/mol. The second-order valence-electron chi connectivity index (χ2n) is 5.66. The number of aromatic nitrogens is 1. The molecule has 0 aliphatic heterocycles. The number of rotatable bonds is 11. The topological polar surface area (TPSA) is 71.7 Å². The highest BCUT2D eigenvalue weighted by atomic mass is 32.1. The van der Waals surface area contributed by atoms with Gasteiger partial charge < -0.3 is 19.8 Å². The van der Waals surface area contributed by atoms with Gasteiger partial charge in [-0.2, -0.15) is 0 Å². The number of nitrogens with zero attached hydrogens (tertiary/aromatic N) is 2. The average Bonchev–Trinajstić information content (AvgIpc) is 3.26. The van der Waals surface area contributed by atoms with Gasteiger partial charge in [0.1, 0.15) is 12.4 Å². The largest absolute Gasteiger partial charge is 0.467 e. The third kappa shape index (κ3) is 8.18. The Morgan fingerprint density at radius 2 is 2.28 bits per heavy atom. The predicted octanol–water partition coefficient (Wildman–Crippen LogP) is 3.14. The van der Waals surface area contributed by atoms with E-state index in [-0.39, 0.29) is 0 Å². The molecule has 138 valence electrons. The SMILES string of the molecule is CCNC(=NCCCc1nc(C)cs1)NCCCOCc1ccco1. The van der Waals surface area contributed by atoms with Crippen molar-refractivity contribution in [3.63, 3.8) is 0 Å². The molecule has 2 aromatic heterocycles. The first-order valence-electron chi connectivity index (χ1n) is 8.81. The van der Waals surface area contributed by atoms with Crippen molar-refractivity contribution in [1.29, 1.82) is 0 Å². The minimum Gasteiger partial charge on any atom is -0.467 e. The lowest BCUT2D eigenvalue weighted by Crippen LogP contribution is -2.38. The third-order valence-electron chi connectivity index (χ3n) is 3.41. The predicted molar refractivity (Wildman–Crippen MR) is 102 cm³/mol. The normalized spacial score (nSPS) is 11.7. The second-order valence-corrected chi connectivity index (χ2v) is 6.60. The van der Waals surface area contributed by atoms with Gasteiger partial charge in [0.2, 0.25) is 0 Å². The van der Waals surface area contributed by atoms with Crippen molar-refractivity contribution in [2.45, 2.75) is 39.7 Å². The first-order valence-corrected chi connectivity index (χ1v) is 9.69. The molecular weight excluding hydrogens is 336 g/mol. The molecule has 0 radical (unpaired) electrons. The van der Waals surface area contributed by atoms with E-state index in [0.29, 0.717) is 13.2 Å². The van der Waals surface area contributed by atoms with E-state index < -0.39 is 0 Å². The Bertz CT molecular complexity index is 610. The molecule has 2 rings (SSSR count). The van der Waals surface area contributed by atoms with Crippen LogP contribution in [0.3, 0.4) is 0 Å². The van der Waals surface area contributed by atoms with E-state index in [4.69, 9.17) is 9.15 Å². The molecule has 0 aliphatic rings. The number of aliphatic imine (C=N–C) groups is 1. The molecule has 0 fully saturated rings. The molecule has 0 unspecified atom stereocenters. The molecular formula is C18H28N4O2S. The van der Waals surface area contributed by atoms with Crippen molar-refractivity contribution < 1.29 is 9.15 Å². The van der Waals surface area contributed by atoms with Crippen LogP contribution in [0, 0.1) is 6.92 Å². The number of thiazole rings is 1. The highest BCUT2D eigenvalue weighted by Crippen LogP contribution is 2.10. The van der Waals surface area contributed by atoms with Crippen molar-refractivity contribution in [2.75, 3.05) is 26.2 Å². The summed E-state index contributed by atoms with van der Waals surface area (Å²) in [5, 5.41) is 9.90. The van der Waals surface area contributed by atoms with Crippen LogP contribution in [-0.2, 0) is 17.8 Å². The van der Waals surface area contributed by atoms with Crippen LogP contribution in [-0.4, -0.2) is 37.2 Å². The minimum absolute atomic E-state index is 0.525. The fourth-order valence-corrected chi connectivity index (χ4v) is 3.05. The summed E-state index contributed by atoms with van der Waals surface area (Å²) in [6, 6.07) is 3.79. The minimum atomic E-state index is 0.525. The summed E-state index contributed by atoms with van der Waals surface area (Å²) in [6.07, 6.45) is 4.58. The highest BCUT2D eigenvalue weighted by Gasteiger charge is 2.00. The Hall–Kier alpha value is -1.86. The average molecular weight is 365 g/mol. The number of furan rings is 1. The van der Waals surface area contributed by atoms with Gasteiger partial charge in [0.15, 0.2) is 5.96 Å². The maximum atomic E-state index is 5.57. The molecule has 0 aliphatic carbocycles. The van der Waals surface area contributed by atoms with Crippen molar-refractivity contribution in [1.82, 2.24) is 15.6 Å². The van der Waals surface area contributed by atoms with Crippen LogP contribution >= 0.6 is 11.3 Å². The van der Waals surface area contributed by atoms with E-state index in [1.807, 2.05) is 19.1 Å². The lowest BCUT2D eigenvalue weighted by Gasteiger charge is -2.11. The van der Waals surface area contributed by atoms with E-state index >= 15 is 0 Å². The van der Waals surface area contributed by atoms with Crippen LogP contribution in [0.4, 0.5) is 0 Å². The Morgan fingerprint density at radius 1 is 1.36 bits per heavy atom. The van der Waals surface area contributed by atoms with Crippen LogP contribution < -0.4 is 10.6 Å². The van der Waals surface area contributed by atoms with Gasteiger partial charge in [-0.3, -0.25) is 4.99 Å². The zero-order valence-electron chi connectivity index (χ0n) is 15.1. The molecule has 2 aromatic rings. The Balaban J connectivity index is 1.56. The molecule has 7 heteroatoms. The van der Waals surface area contributed by atoms with Crippen LogP contribution in [0.5, 0.6) is 0 Å². The number of nitrogens with one attached hydrogen (secondary N) is 2. The van der Waals surface area contributed by atoms with Gasteiger partial charge in [-0.1, -0.05) is 0 Å². The van der Waals surface area contributed by atoms with E-state index in [1.165, 1.54) is 5.01 Å². The van der Waals surface area contributed by atoms with Gasteiger partial charge in [-0.15, -0.1) is 11.3 Å². The summed E-state index contributed by atoms with van der Waals surface area (Å²) in [4.78, 5) is 9.09. The maximum Gasteiger partial charge on any atom is 0.191 e. The van der Waals surface area contributed by atoms with Gasteiger partial charge in [-0.25, -0.2) is 4.98 Å². The zero-order chi connectivity index (χ0) is 17.7. The lowest BCUT2D eigenvalue weighted by molar-refractivity contribution is 0.105. The van der Waals surface area contributed by atoms with Crippen LogP contribution in [0.2, 0.25) is 0 Å².